The van der Waals surface area contributed by atoms with Crippen LogP contribution in [0.2, 0.25) is 0 Å². The SMILES string of the molecule is OCCN(CCO)c1nccc2occc12. The molecule has 0 aromatic carbocycles. The maximum atomic E-state index is 8.97. The number of aromatic nitrogens is 1. The Balaban J connectivity index is 2.38. The van der Waals surface area contributed by atoms with Gasteiger partial charge in [-0.3, -0.25) is 0 Å². The van der Waals surface area contributed by atoms with Crippen LogP contribution in [0.5, 0.6) is 0 Å². The molecule has 0 spiro atoms. The topological polar surface area (TPSA) is 69.7 Å². The summed E-state index contributed by atoms with van der Waals surface area (Å²) >= 11 is 0. The molecule has 2 aromatic heterocycles. The first-order valence-electron chi connectivity index (χ1n) is 5.15. The zero-order valence-electron chi connectivity index (χ0n) is 8.83. The summed E-state index contributed by atoms with van der Waals surface area (Å²) in [6.45, 7) is 0.932. The van der Waals surface area contributed by atoms with Crippen molar-refractivity contribution in [3.63, 3.8) is 0 Å². The second-order valence-electron chi connectivity index (χ2n) is 3.40. The molecule has 0 fully saturated rings. The molecule has 0 radical (unpaired) electrons. The fraction of sp³-hybridized carbons (Fsp3) is 0.364. The van der Waals surface area contributed by atoms with E-state index in [1.54, 1.807) is 18.5 Å². The predicted octanol–water partition coefficient (Wildman–Crippen LogP) is 0.619. The number of aliphatic hydroxyl groups excluding tert-OH is 2. The van der Waals surface area contributed by atoms with Gasteiger partial charge in [0.05, 0.1) is 24.9 Å². The highest BCUT2D eigenvalue weighted by atomic mass is 16.3. The van der Waals surface area contributed by atoms with E-state index in [1.807, 2.05) is 11.0 Å². The first kappa shape index (κ1) is 10.9. The first-order chi connectivity index (χ1) is 7.86. The average Bonchev–Trinajstić information content (AvgIpc) is 2.76. The first-order valence-corrected chi connectivity index (χ1v) is 5.15. The largest absolute Gasteiger partial charge is 0.464 e. The smallest absolute Gasteiger partial charge is 0.139 e. The Morgan fingerprint density at radius 3 is 2.62 bits per heavy atom. The third kappa shape index (κ3) is 2.00. The van der Waals surface area contributed by atoms with Crippen molar-refractivity contribution in [2.75, 3.05) is 31.2 Å². The molecule has 2 heterocycles. The molecule has 0 saturated carbocycles. The van der Waals surface area contributed by atoms with Gasteiger partial charge in [-0.05, 0) is 12.1 Å². The van der Waals surface area contributed by atoms with Gasteiger partial charge in [0.2, 0.25) is 0 Å². The normalized spacial score (nSPS) is 10.9. The molecule has 5 heteroatoms. The van der Waals surface area contributed by atoms with E-state index in [1.165, 1.54) is 0 Å². The number of nitrogens with zero attached hydrogens (tertiary/aromatic N) is 2. The van der Waals surface area contributed by atoms with Crippen LogP contribution in [0.4, 0.5) is 5.82 Å². The molecular formula is C11H14N2O3. The predicted molar refractivity (Wildman–Crippen MR) is 60.4 cm³/mol. The van der Waals surface area contributed by atoms with Gasteiger partial charge in [-0.15, -0.1) is 0 Å². The fourth-order valence-corrected chi connectivity index (χ4v) is 1.70. The van der Waals surface area contributed by atoms with Gasteiger partial charge in [0, 0.05) is 19.3 Å². The van der Waals surface area contributed by atoms with Gasteiger partial charge in [0.1, 0.15) is 11.4 Å². The second kappa shape index (κ2) is 4.96. The third-order valence-corrected chi connectivity index (χ3v) is 2.40. The number of anilines is 1. The molecule has 0 aliphatic rings. The molecule has 2 N–H and O–H groups in total. The molecule has 0 unspecified atom stereocenters. The summed E-state index contributed by atoms with van der Waals surface area (Å²) in [6, 6.07) is 3.62. The quantitative estimate of drug-likeness (QED) is 0.776. The lowest BCUT2D eigenvalue weighted by molar-refractivity contribution is 0.281. The summed E-state index contributed by atoms with van der Waals surface area (Å²) in [5.41, 5.74) is 0.755. The zero-order chi connectivity index (χ0) is 11.4. The van der Waals surface area contributed by atoms with Crippen LogP contribution in [-0.2, 0) is 0 Å². The summed E-state index contributed by atoms with van der Waals surface area (Å²) in [5, 5.41) is 18.8. The minimum Gasteiger partial charge on any atom is -0.464 e. The van der Waals surface area contributed by atoms with Crippen LogP contribution < -0.4 is 4.90 Å². The molecule has 2 rings (SSSR count). The Morgan fingerprint density at radius 2 is 1.94 bits per heavy atom. The van der Waals surface area contributed by atoms with Crippen molar-refractivity contribution >= 4 is 16.8 Å². The third-order valence-electron chi connectivity index (χ3n) is 2.40. The standard InChI is InChI=1S/C11H14N2O3/c14-6-4-13(5-7-15)11-9-2-8-16-10(9)1-3-12-11/h1-3,8,14-15H,4-7H2. The van der Waals surface area contributed by atoms with Gasteiger partial charge in [-0.1, -0.05) is 0 Å². The minimum absolute atomic E-state index is 0.0237. The van der Waals surface area contributed by atoms with Crippen molar-refractivity contribution in [2.24, 2.45) is 0 Å². The maximum absolute atomic E-state index is 8.97. The van der Waals surface area contributed by atoms with E-state index >= 15 is 0 Å². The number of aliphatic hydroxyl groups is 2. The Morgan fingerprint density at radius 1 is 1.19 bits per heavy atom. The lowest BCUT2D eigenvalue weighted by Gasteiger charge is -2.21. The summed E-state index contributed by atoms with van der Waals surface area (Å²) in [6.07, 6.45) is 3.26. The number of fused-ring (bicyclic) bond motifs is 1. The minimum atomic E-state index is 0.0237. The van der Waals surface area contributed by atoms with Crippen molar-refractivity contribution < 1.29 is 14.6 Å². The van der Waals surface area contributed by atoms with E-state index in [0.29, 0.717) is 13.1 Å². The van der Waals surface area contributed by atoms with E-state index in [0.717, 1.165) is 16.8 Å². The molecule has 0 saturated heterocycles. The van der Waals surface area contributed by atoms with Gasteiger partial charge >= 0.3 is 0 Å². The molecule has 0 aliphatic heterocycles. The van der Waals surface area contributed by atoms with Gasteiger partial charge in [-0.25, -0.2) is 4.98 Å². The highest BCUT2D eigenvalue weighted by molar-refractivity contribution is 5.88. The van der Waals surface area contributed by atoms with E-state index in [9.17, 15) is 0 Å². The second-order valence-corrected chi connectivity index (χ2v) is 3.40. The highest BCUT2D eigenvalue weighted by Gasteiger charge is 2.11. The van der Waals surface area contributed by atoms with E-state index in [-0.39, 0.29) is 13.2 Å². The highest BCUT2D eigenvalue weighted by Crippen LogP contribution is 2.24. The Hall–Kier alpha value is -1.59. The van der Waals surface area contributed by atoms with Crippen LogP contribution in [0.3, 0.4) is 0 Å². The number of hydrogen-bond acceptors (Lipinski definition) is 5. The molecule has 2 aromatic rings. The van der Waals surface area contributed by atoms with E-state index < -0.39 is 0 Å². The van der Waals surface area contributed by atoms with Gasteiger partial charge in [-0.2, -0.15) is 0 Å². The molecule has 86 valence electrons. The van der Waals surface area contributed by atoms with Crippen molar-refractivity contribution in [3.8, 4) is 0 Å². The Kier molecular flexibility index (Phi) is 3.38. The van der Waals surface area contributed by atoms with Crippen molar-refractivity contribution in [1.82, 2.24) is 4.98 Å². The molecular weight excluding hydrogens is 208 g/mol. The Labute approximate surface area is 92.9 Å². The van der Waals surface area contributed by atoms with Crippen LogP contribution in [-0.4, -0.2) is 41.5 Å². The monoisotopic (exact) mass is 222 g/mol. The number of hydrogen-bond donors (Lipinski definition) is 2. The van der Waals surface area contributed by atoms with Crippen molar-refractivity contribution in [2.45, 2.75) is 0 Å². The average molecular weight is 222 g/mol. The summed E-state index contributed by atoms with van der Waals surface area (Å²) in [4.78, 5) is 6.09. The summed E-state index contributed by atoms with van der Waals surface area (Å²) in [7, 11) is 0. The lowest BCUT2D eigenvalue weighted by Crippen LogP contribution is -2.30. The fourth-order valence-electron chi connectivity index (χ4n) is 1.70. The van der Waals surface area contributed by atoms with Gasteiger partial charge in [0.15, 0.2) is 0 Å². The van der Waals surface area contributed by atoms with Crippen LogP contribution in [0.15, 0.2) is 29.0 Å². The van der Waals surface area contributed by atoms with Crippen LogP contribution in [0.1, 0.15) is 0 Å². The number of rotatable bonds is 5. The van der Waals surface area contributed by atoms with Gasteiger partial charge in [0.25, 0.3) is 0 Å². The molecule has 5 nitrogen and oxygen atoms in total. The van der Waals surface area contributed by atoms with Crippen LogP contribution in [0.25, 0.3) is 11.0 Å². The summed E-state index contributed by atoms with van der Waals surface area (Å²) < 4.78 is 5.27. The molecule has 0 atom stereocenters. The molecule has 16 heavy (non-hydrogen) atoms. The zero-order valence-corrected chi connectivity index (χ0v) is 8.83. The number of furan rings is 1. The van der Waals surface area contributed by atoms with Crippen LogP contribution in [0, 0.1) is 0 Å². The van der Waals surface area contributed by atoms with E-state index in [2.05, 4.69) is 4.98 Å². The van der Waals surface area contributed by atoms with Crippen molar-refractivity contribution in [1.29, 1.82) is 0 Å². The maximum Gasteiger partial charge on any atom is 0.139 e. The molecule has 0 bridgehead atoms. The van der Waals surface area contributed by atoms with E-state index in [4.69, 9.17) is 14.6 Å². The molecule has 0 aliphatic carbocycles. The van der Waals surface area contributed by atoms with Gasteiger partial charge < -0.3 is 19.5 Å². The van der Waals surface area contributed by atoms with Crippen LogP contribution >= 0.6 is 0 Å². The van der Waals surface area contributed by atoms with Crippen molar-refractivity contribution in [3.05, 3.63) is 24.6 Å². The summed E-state index contributed by atoms with van der Waals surface area (Å²) in [5.74, 6) is 0.731. The molecule has 0 amide bonds. The Bertz CT molecular complexity index is 449. The lowest BCUT2D eigenvalue weighted by atomic mass is 10.3. The number of pyridine rings is 1.